The minimum Gasteiger partial charge on any atom is -0.394 e. The number of ether oxygens (including phenoxy) is 5. The third kappa shape index (κ3) is 8.96. The summed E-state index contributed by atoms with van der Waals surface area (Å²) in [6.07, 6.45) is 0.315. The van der Waals surface area contributed by atoms with Crippen LogP contribution in [0.15, 0.2) is 0 Å². The van der Waals surface area contributed by atoms with Gasteiger partial charge in [-0.2, -0.15) is 0 Å². The number of carbonyl (C=O) groups excluding carboxylic acids is 1. The van der Waals surface area contributed by atoms with Gasteiger partial charge in [0.2, 0.25) is 5.91 Å². The maximum atomic E-state index is 11.3. The fraction of sp³-hybridized carbons (Fsp3) is 0.824. The van der Waals surface area contributed by atoms with Crippen LogP contribution in [0.4, 0.5) is 0 Å². The maximum absolute atomic E-state index is 11.3. The zero-order chi connectivity index (χ0) is 20.1. The Morgan fingerprint density at radius 3 is 2.22 bits per heavy atom. The van der Waals surface area contributed by atoms with Crippen molar-refractivity contribution in [1.29, 1.82) is 0 Å². The molecule has 5 atom stereocenters. The zero-order valence-electron chi connectivity index (χ0n) is 15.4. The molecule has 0 unspecified atom stereocenters. The monoisotopic (exact) mass is 391 g/mol. The van der Waals surface area contributed by atoms with Gasteiger partial charge in [-0.3, -0.25) is 4.79 Å². The molecule has 1 amide bonds. The molecule has 10 heteroatoms. The van der Waals surface area contributed by atoms with E-state index in [0.717, 1.165) is 0 Å². The number of nitrogens with one attached hydrogen (secondary N) is 1. The Morgan fingerprint density at radius 1 is 1.07 bits per heavy atom. The summed E-state index contributed by atoms with van der Waals surface area (Å²) in [6, 6.07) is -0.966. The van der Waals surface area contributed by atoms with Gasteiger partial charge in [0.25, 0.3) is 0 Å². The largest absolute Gasteiger partial charge is 0.394 e. The van der Waals surface area contributed by atoms with E-state index in [1.807, 2.05) is 0 Å². The van der Waals surface area contributed by atoms with Crippen LogP contribution in [0.3, 0.4) is 0 Å². The molecule has 156 valence electrons. The molecular weight excluding hydrogens is 362 g/mol. The highest BCUT2D eigenvalue weighted by Gasteiger charge is 2.45. The summed E-state index contributed by atoms with van der Waals surface area (Å²) in [4.78, 5) is 11.3. The zero-order valence-corrected chi connectivity index (χ0v) is 15.4. The third-order valence-corrected chi connectivity index (χ3v) is 3.69. The van der Waals surface area contributed by atoms with Crippen LogP contribution in [-0.2, 0) is 28.5 Å². The number of amides is 1. The van der Waals surface area contributed by atoms with E-state index in [0.29, 0.717) is 26.4 Å². The van der Waals surface area contributed by atoms with Crippen LogP contribution in [0, 0.1) is 12.3 Å². The molecule has 0 spiro atoms. The number of rotatable bonds is 13. The van der Waals surface area contributed by atoms with Gasteiger partial charge in [-0.05, 0) is 0 Å². The van der Waals surface area contributed by atoms with E-state index in [4.69, 9.17) is 30.1 Å². The van der Waals surface area contributed by atoms with Crippen molar-refractivity contribution >= 4 is 5.91 Å². The summed E-state index contributed by atoms with van der Waals surface area (Å²) in [7, 11) is 0. The third-order valence-electron chi connectivity index (χ3n) is 3.69. The van der Waals surface area contributed by atoms with E-state index >= 15 is 0 Å². The quantitative estimate of drug-likeness (QED) is 0.201. The molecule has 0 aliphatic carbocycles. The number of aliphatic hydroxyl groups is 3. The summed E-state index contributed by atoms with van der Waals surface area (Å²) in [5.41, 5.74) is 0. The fourth-order valence-corrected chi connectivity index (χ4v) is 2.41. The summed E-state index contributed by atoms with van der Waals surface area (Å²) in [6.45, 7) is 2.93. The van der Waals surface area contributed by atoms with Crippen molar-refractivity contribution < 1.29 is 43.8 Å². The van der Waals surface area contributed by atoms with Gasteiger partial charge in [0.05, 0.1) is 46.2 Å². The number of carbonyl (C=O) groups is 1. The van der Waals surface area contributed by atoms with Gasteiger partial charge in [0, 0.05) is 6.92 Å². The first-order chi connectivity index (χ1) is 13.0. The predicted molar refractivity (Wildman–Crippen MR) is 92.6 cm³/mol. The standard InChI is InChI=1S/C17H29NO9/c1-3-4-23-5-6-24-7-8-25-9-10-26-17-14(18-12(2)20)16(22)15(21)13(11-19)27-17/h1,13-17,19,21-22H,4-11H2,2H3,(H,18,20)/t13-,14-,15-,16+,17-/m0/s1. The first kappa shape index (κ1) is 23.7. The second kappa shape index (κ2) is 13.8. The average Bonchev–Trinajstić information content (AvgIpc) is 2.64. The molecule has 0 aromatic rings. The number of aliphatic hydroxyl groups excluding tert-OH is 3. The average molecular weight is 391 g/mol. The van der Waals surface area contributed by atoms with Crippen molar-refractivity contribution in [2.45, 2.75) is 37.6 Å². The van der Waals surface area contributed by atoms with E-state index in [1.165, 1.54) is 6.92 Å². The molecule has 1 rings (SSSR count). The van der Waals surface area contributed by atoms with E-state index in [9.17, 15) is 20.1 Å². The van der Waals surface area contributed by atoms with Gasteiger partial charge in [0.15, 0.2) is 6.29 Å². The molecule has 27 heavy (non-hydrogen) atoms. The van der Waals surface area contributed by atoms with Gasteiger partial charge >= 0.3 is 0 Å². The van der Waals surface area contributed by atoms with Crippen LogP contribution >= 0.6 is 0 Å². The minimum absolute atomic E-state index is 0.118. The molecule has 1 aliphatic rings. The molecule has 0 aromatic carbocycles. The summed E-state index contributed by atoms with van der Waals surface area (Å²) < 4.78 is 26.6. The Kier molecular flexibility index (Phi) is 12.2. The normalized spacial score (nSPS) is 27.9. The van der Waals surface area contributed by atoms with Crippen molar-refractivity contribution in [2.75, 3.05) is 52.9 Å². The number of terminal acetylenes is 1. The Balaban J connectivity index is 2.24. The molecule has 1 fully saturated rings. The highest BCUT2D eigenvalue weighted by molar-refractivity contribution is 5.73. The fourth-order valence-electron chi connectivity index (χ4n) is 2.41. The van der Waals surface area contributed by atoms with E-state index in [-0.39, 0.29) is 19.8 Å². The van der Waals surface area contributed by atoms with Crippen LogP contribution in [0.25, 0.3) is 0 Å². The lowest BCUT2D eigenvalue weighted by Gasteiger charge is -2.42. The second-order valence-electron chi connectivity index (χ2n) is 5.79. The molecule has 1 heterocycles. The molecule has 0 saturated carbocycles. The predicted octanol–water partition coefficient (Wildman–Crippen LogP) is -2.37. The van der Waals surface area contributed by atoms with E-state index < -0.39 is 43.2 Å². The summed E-state index contributed by atoms with van der Waals surface area (Å²) in [5, 5.41) is 31.7. The molecule has 0 bridgehead atoms. The lowest BCUT2D eigenvalue weighted by molar-refractivity contribution is -0.272. The number of hydrogen-bond donors (Lipinski definition) is 4. The SMILES string of the molecule is C#CCOCCOCCOCCO[C@H]1O[C@@H](CO)[C@H](O)[C@H](O)[C@@H]1NC(C)=O. The first-order valence-corrected chi connectivity index (χ1v) is 8.69. The lowest BCUT2D eigenvalue weighted by atomic mass is 9.97. The molecule has 0 radical (unpaired) electrons. The van der Waals surface area contributed by atoms with E-state index in [1.54, 1.807) is 0 Å². The summed E-state index contributed by atoms with van der Waals surface area (Å²) in [5.74, 6) is 1.94. The van der Waals surface area contributed by atoms with Crippen LogP contribution in [0.5, 0.6) is 0 Å². The van der Waals surface area contributed by atoms with Crippen molar-refractivity contribution in [3.05, 3.63) is 0 Å². The van der Waals surface area contributed by atoms with Gasteiger partial charge in [-0.1, -0.05) is 5.92 Å². The molecule has 4 N–H and O–H groups in total. The van der Waals surface area contributed by atoms with Gasteiger partial charge in [-0.15, -0.1) is 6.42 Å². The molecule has 1 aliphatic heterocycles. The second-order valence-corrected chi connectivity index (χ2v) is 5.79. The summed E-state index contributed by atoms with van der Waals surface area (Å²) >= 11 is 0. The van der Waals surface area contributed by atoms with Crippen molar-refractivity contribution in [2.24, 2.45) is 0 Å². The van der Waals surface area contributed by atoms with Crippen LogP contribution in [0.1, 0.15) is 6.92 Å². The molecular formula is C17H29NO9. The topological polar surface area (TPSA) is 136 Å². The van der Waals surface area contributed by atoms with E-state index in [2.05, 4.69) is 11.2 Å². The Labute approximate surface area is 158 Å². The lowest BCUT2D eigenvalue weighted by Crippen LogP contribution is -2.64. The number of hydrogen-bond acceptors (Lipinski definition) is 9. The van der Waals surface area contributed by atoms with Crippen molar-refractivity contribution in [3.63, 3.8) is 0 Å². The maximum Gasteiger partial charge on any atom is 0.217 e. The molecule has 10 nitrogen and oxygen atoms in total. The van der Waals surface area contributed by atoms with Crippen LogP contribution in [-0.4, -0.2) is 105 Å². The minimum atomic E-state index is -1.34. The molecule has 0 aromatic heterocycles. The Bertz CT molecular complexity index is 456. The van der Waals surface area contributed by atoms with Crippen LogP contribution < -0.4 is 5.32 Å². The smallest absolute Gasteiger partial charge is 0.217 e. The van der Waals surface area contributed by atoms with Gasteiger partial charge in [0.1, 0.15) is 31.0 Å². The Hall–Kier alpha value is -1.29. The van der Waals surface area contributed by atoms with Gasteiger partial charge in [-0.25, -0.2) is 0 Å². The Morgan fingerprint density at radius 2 is 1.67 bits per heavy atom. The first-order valence-electron chi connectivity index (χ1n) is 8.69. The van der Waals surface area contributed by atoms with Crippen molar-refractivity contribution in [3.8, 4) is 12.3 Å². The molecule has 1 saturated heterocycles. The highest BCUT2D eigenvalue weighted by Crippen LogP contribution is 2.22. The van der Waals surface area contributed by atoms with Gasteiger partial charge < -0.3 is 44.3 Å². The highest BCUT2D eigenvalue weighted by atomic mass is 16.7. The van der Waals surface area contributed by atoms with Crippen LogP contribution in [0.2, 0.25) is 0 Å². The van der Waals surface area contributed by atoms with Crippen molar-refractivity contribution in [1.82, 2.24) is 5.32 Å².